The molecule has 3 aromatic heterocycles. The molecule has 1 amide bonds. The average Bonchev–Trinajstić information content (AvgIpc) is 3.12. The largest absolute Gasteiger partial charge is 0.350 e. The molecule has 5 nitrogen and oxygen atoms in total. The van der Waals surface area contributed by atoms with Crippen LogP contribution in [0.25, 0.3) is 21.1 Å². The number of amides is 1. The number of thiophene rings is 1. The molecular weight excluding hydrogens is 272 g/mol. The minimum absolute atomic E-state index is 0.146. The van der Waals surface area contributed by atoms with Crippen molar-refractivity contribution in [3.05, 3.63) is 47.6 Å². The van der Waals surface area contributed by atoms with Crippen molar-refractivity contribution in [2.24, 2.45) is 0 Å². The van der Waals surface area contributed by atoms with Crippen molar-refractivity contribution < 1.29 is 4.79 Å². The fraction of sp³-hybridized carbons (Fsp3) is 0. The van der Waals surface area contributed by atoms with Crippen molar-refractivity contribution >= 4 is 44.1 Å². The Hall–Kier alpha value is -2.60. The van der Waals surface area contributed by atoms with Crippen LogP contribution in [0.1, 0.15) is 10.5 Å². The van der Waals surface area contributed by atoms with E-state index in [1.165, 1.54) is 0 Å². The molecule has 20 heavy (non-hydrogen) atoms. The number of rotatable bonds is 2. The zero-order chi connectivity index (χ0) is 13.5. The van der Waals surface area contributed by atoms with Crippen molar-refractivity contribution in [3.63, 3.8) is 0 Å². The van der Waals surface area contributed by atoms with Crippen LogP contribution in [-0.2, 0) is 0 Å². The lowest BCUT2D eigenvalue weighted by Crippen LogP contribution is -2.12. The van der Waals surface area contributed by atoms with Gasteiger partial charge in [0.05, 0.1) is 21.9 Å². The number of hydrogen-bond acceptors (Lipinski definition) is 3. The fourth-order valence-corrected chi connectivity index (χ4v) is 2.97. The number of anilines is 1. The molecule has 3 heterocycles. The van der Waals surface area contributed by atoms with Gasteiger partial charge in [-0.3, -0.25) is 9.89 Å². The summed E-state index contributed by atoms with van der Waals surface area (Å²) in [5, 5.41) is 12.7. The number of nitrogens with one attached hydrogen (secondary N) is 3. The number of H-pyrrole nitrogens is 2. The molecule has 0 aliphatic carbocycles. The predicted octanol–water partition coefficient (Wildman–Crippen LogP) is 3.36. The summed E-state index contributed by atoms with van der Waals surface area (Å²) < 4.78 is 1.08. The van der Waals surface area contributed by atoms with Gasteiger partial charge in [0.15, 0.2) is 0 Å². The van der Waals surface area contributed by atoms with Crippen LogP contribution in [0.4, 0.5) is 5.69 Å². The first-order valence-electron chi connectivity index (χ1n) is 6.10. The lowest BCUT2D eigenvalue weighted by molar-refractivity contribution is 0.102. The quantitative estimate of drug-likeness (QED) is 0.527. The molecule has 0 radical (unpaired) electrons. The molecule has 0 unspecified atom stereocenters. The van der Waals surface area contributed by atoms with Crippen LogP contribution in [-0.4, -0.2) is 21.1 Å². The van der Waals surface area contributed by atoms with Crippen LogP contribution >= 0.6 is 11.3 Å². The highest BCUT2D eigenvalue weighted by Gasteiger charge is 2.10. The number of nitrogens with zero attached hydrogens (tertiary/aromatic N) is 1. The van der Waals surface area contributed by atoms with E-state index in [4.69, 9.17) is 0 Å². The molecule has 4 rings (SSSR count). The molecule has 98 valence electrons. The number of fused-ring (bicyclic) bond motifs is 2. The third kappa shape index (κ3) is 1.78. The monoisotopic (exact) mass is 282 g/mol. The first-order chi connectivity index (χ1) is 9.79. The molecule has 0 saturated heterocycles. The highest BCUT2D eigenvalue weighted by Crippen LogP contribution is 2.22. The van der Waals surface area contributed by atoms with E-state index in [0.717, 1.165) is 26.8 Å². The Morgan fingerprint density at radius 2 is 2.15 bits per heavy atom. The number of aromatic nitrogens is 3. The van der Waals surface area contributed by atoms with Gasteiger partial charge in [-0.05, 0) is 35.7 Å². The van der Waals surface area contributed by atoms with Crippen LogP contribution in [0.3, 0.4) is 0 Å². The smallest absolute Gasteiger partial charge is 0.272 e. The number of benzene rings is 1. The van der Waals surface area contributed by atoms with Crippen molar-refractivity contribution in [1.82, 2.24) is 15.2 Å². The van der Waals surface area contributed by atoms with Crippen LogP contribution in [0.15, 0.2) is 41.9 Å². The summed E-state index contributed by atoms with van der Waals surface area (Å²) in [6, 6.07) is 9.48. The highest BCUT2D eigenvalue weighted by atomic mass is 32.1. The van der Waals surface area contributed by atoms with E-state index in [9.17, 15) is 4.79 Å². The van der Waals surface area contributed by atoms with Gasteiger partial charge in [0.25, 0.3) is 5.91 Å². The Labute approximate surface area is 117 Å². The van der Waals surface area contributed by atoms with Crippen LogP contribution in [0, 0.1) is 0 Å². The highest BCUT2D eigenvalue weighted by molar-refractivity contribution is 7.17. The van der Waals surface area contributed by atoms with Crippen molar-refractivity contribution in [3.8, 4) is 0 Å². The third-order valence-electron chi connectivity index (χ3n) is 3.18. The van der Waals surface area contributed by atoms with Gasteiger partial charge < -0.3 is 10.3 Å². The number of carbonyl (C=O) groups excluding carboxylic acids is 1. The van der Waals surface area contributed by atoms with E-state index in [0.29, 0.717) is 5.69 Å². The van der Waals surface area contributed by atoms with Crippen LogP contribution in [0.2, 0.25) is 0 Å². The molecule has 0 bridgehead atoms. The summed E-state index contributed by atoms with van der Waals surface area (Å²) in [6.07, 6.45) is 1.75. The van der Waals surface area contributed by atoms with Crippen molar-refractivity contribution in [1.29, 1.82) is 0 Å². The Balaban J connectivity index is 1.63. The summed E-state index contributed by atoms with van der Waals surface area (Å²) in [4.78, 5) is 15.3. The number of hydrogen-bond donors (Lipinski definition) is 3. The van der Waals surface area contributed by atoms with Gasteiger partial charge in [-0.2, -0.15) is 5.10 Å². The van der Waals surface area contributed by atoms with Crippen molar-refractivity contribution in [2.45, 2.75) is 0 Å². The molecule has 0 atom stereocenters. The maximum Gasteiger partial charge on any atom is 0.272 e. The molecule has 0 saturated carbocycles. The third-order valence-corrected chi connectivity index (χ3v) is 4.05. The van der Waals surface area contributed by atoms with E-state index < -0.39 is 0 Å². The Morgan fingerprint density at radius 3 is 3.05 bits per heavy atom. The lowest BCUT2D eigenvalue weighted by Gasteiger charge is -2.03. The summed E-state index contributed by atoms with van der Waals surface area (Å²) >= 11 is 1.61. The predicted molar refractivity (Wildman–Crippen MR) is 80.2 cm³/mol. The van der Waals surface area contributed by atoms with E-state index in [1.54, 1.807) is 17.5 Å². The summed E-state index contributed by atoms with van der Waals surface area (Å²) in [5.74, 6) is -0.146. The van der Waals surface area contributed by atoms with Crippen LogP contribution in [0.5, 0.6) is 0 Å². The Morgan fingerprint density at radius 1 is 1.20 bits per heavy atom. The normalized spacial score (nSPS) is 11.2. The SMILES string of the molecule is O=C(Nc1ccc2cn[nH]c2c1)c1cc2sccc2[nH]1. The lowest BCUT2D eigenvalue weighted by atomic mass is 10.2. The van der Waals surface area contributed by atoms with E-state index in [2.05, 4.69) is 20.5 Å². The van der Waals surface area contributed by atoms with E-state index >= 15 is 0 Å². The molecule has 4 aromatic rings. The Kier molecular flexibility index (Phi) is 2.37. The molecule has 0 spiro atoms. The average molecular weight is 282 g/mol. The zero-order valence-corrected chi connectivity index (χ0v) is 11.1. The van der Waals surface area contributed by atoms with Gasteiger partial charge in [-0.1, -0.05) is 0 Å². The number of aromatic amines is 2. The second kappa shape index (κ2) is 4.21. The molecule has 6 heteroatoms. The van der Waals surface area contributed by atoms with Gasteiger partial charge in [-0.25, -0.2) is 0 Å². The fourth-order valence-electron chi connectivity index (χ4n) is 2.18. The van der Waals surface area contributed by atoms with Gasteiger partial charge in [0.1, 0.15) is 5.69 Å². The standard InChI is InChI=1S/C14H10N4OS/c19-14(12-6-13-10(17-12)3-4-20-13)16-9-2-1-8-7-15-18-11(8)5-9/h1-7,17H,(H,15,18)(H,16,19). The van der Waals surface area contributed by atoms with E-state index in [1.807, 2.05) is 35.7 Å². The minimum atomic E-state index is -0.146. The second-order valence-corrected chi connectivity index (χ2v) is 5.46. The maximum absolute atomic E-state index is 12.2. The first kappa shape index (κ1) is 11.2. The summed E-state index contributed by atoms with van der Waals surface area (Å²) in [7, 11) is 0. The zero-order valence-electron chi connectivity index (χ0n) is 10.3. The van der Waals surface area contributed by atoms with Crippen molar-refractivity contribution in [2.75, 3.05) is 5.32 Å². The summed E-state index contributed by atoms with van der Waals surface area (Å²) in [5.41, 5.74) is 3.20. The molecule has 3 N–H and O–H groups in total. The molecule has 0 fully saturated rings. The maximum atomic E-state index is 12.2. The second-order valence-electron chi connectivity index (χ2n) is 4.51. The molecule has 0 aliphatic heterocycles. The molecule has 0 aliphatic rings. The van der Waals surface area contributed by atoms with Gasteiger partial charge >= 0.3 is 0 Å². The molecule has 1 aromatic carbocycles. The topological polar surface area (TPSA) is 73.6 Å². The first-order valence-corrected chi connectivity index (χ1v) is 6.98. The van der Waals surface area contributed by atoms with Gasteiger partial charge in [0.2, 0.25) is 0 Å². The Bertz CT molecular complexity index is 889. The van der Waals surface area contributed by atoms with Crippen LogP contribution < -0.4 is 5.32 Å². The number of carbonyl (C=O) groups is 1. The van der Waals surface area contributed by atoms with E-state index in [-0.39, 0.29) is 5.91 Å². The van der Waals surface area contributed by atoms with Gasteiger partial charge in [0, 0.05) is 11.1 Å². The summed E-state index contributed by atoms with van der Waals surface area (Å²) in [6.45, 7) is 0. The molecular formula is C14H10N4OS. The minimum Gasteiger partial charge on any atom is -0.350 e. The van der Waals surface area contributed by atoms with Gasteiger partial charge in [-0.15, -0.1) is 11.3 Å².